The van der Waals surface area contributed by atoms with Crippen LogP contribution in [0.1, 0.15) is 12.5 Å². The Morgan fingerprint density at radius 1 is 1.27 bits per heavy atom. The van der Waals surface area contributed by atoms with Gasteiger partial charge >= 0.3 is 0 Å². The molecule has 2 aromatic carbocycles. The number of nitrogens with zero attached hydrogens (tertiary/aromatic N) is 2. The fourth-order valence-electron chi connectivity index (χ4n) is 3.58. The van der Waals surface area contributed by atoms with E-state index in [1.54, 1.807) is 36.2 Å². The number of amides is 2. The summed E-state index contributed by atoms with van der Waals surface area (Å²) in [4.78, 5) is 25.1. The van der Waals surface area contributed by atoms with E-state index in [0.717, 1.165) is 11.1 Å². The van der Waals surface area contributed by atoms with Crippen molar-refractivity contribution in [1.29, 1.82) is 0 Å². The molecule has 3 aromatic rings. The molecule has 0 saturated carbocycles. The Kier molecular flexibility index (Phi) is 4.27. The summed E-state index contributed by atoms with van der Waals surface area (Å²) >= 11 is 0. The summed E-state index contributed by atoms with van der Waals surface area (Å²) in [5.74, 6) is 1.90. The molecule has 2 N–H and O–H groups in total. The molecule has 30 heavy (non-hydrogen) atoms. The maximum Gasteiger partial charge on any atom is 0.251 e. The summed E-state index contributed by atoms with van der Waals surface area (Å²) in [7, 11) is 1.60. The summed E-state index contributed by atoms with van der Waals surface area (Å²) in [6.45, 7) is 0.159. The second-order valence-electron chi connectivity index (χ2n) is 6.91. The summed E-state index contributed by atoms with van der Waals surface area (Å²) < 4.78 is 17.4. The third-order valence-corrected chi connectivity index (χ3v) is 5.05. The first-order valence-corrected chi connectivity index (χ1v) is 9.34. The van der Waals surface area contributed by atoms with Gasteiger partial charge in [-0.3, -0.25) is 9.59 Å². The van der Waals surface area contributed by atoms with Gasteiger partial charge in [0.25, 0.3) is 5.91 Å². The number of anilines is 2. The van der Waals surface area contributed by atoms with Crippen molar-refractivity contribution >= 4 is 23.3 Å². The van der Waals surface area contributed by atoms with E-state index in [-0.39, 0.29) is 25.0 Å². The number of carbonyl (C=O) groups is 2. The Morgan fingerprint density at radius 3 is 3.00 bits per heavy atom. The van der Waals surface area contributed by atoms with Crippen LogP contribution in [0.5, 0.6) is 17.2 Å². The van der Waals surface area contributed by atoms with Gasteiger partial charge < -0.3 is 24.8 Å². The third kappa shape index (κ3) is 3.10. The van der Waals surface area contributed by atoms with Gasteiger partial charge in [0.15, 0.2) is 11.5 Å². The maximum absolute atomic E-state index is 12.6. The highest BCUT2D eigenvalue weighted by Gasteiger charge is 2.35. The van der Waals surface area contributed by atoms with Crippen molar-refractivity contribution < 1.29 is 23.8 Å². The number of hydrogen-bond acceptors (Lipinski definition) is 6. The van der Waals surface area contributed by atoms with Crippen molar-refractivity contribution in [3.8, 4) is 28.4 Å². The van der Waals surface area contributed by atoms with Crippen LogP contribution in [0, 0.1) is 0 Å². The van der Waals surface area contributed by atoms with Gasteiger partial charge in [0.1, 0.15) is 17.6 Å². The Hall–Kier alpha value is -4.01. The molecule has 1 aromatic heterocycles. The summed E-state index contributed by atoms with van der Waals surface area (Å²) in [5, 5.41) is 9.97. The summed E-state index contributed by atoms with van der Waals surface area (Å²) in [5.41, 5.74) is 2.20. The molecule has 9 nitrogen and oxygen atoms in total. The number of ether oxygens (including phenoxy) is 3. The average molecular weight is 406 g/mol. The zero-order valence-electron chi connectivity index (χ0n) is 16.0. The Labute approximate surface area is 171 Å². The van der Waals surface area contributed by atoms with Crippen LogP contribution >= 0.6 is 0 Å². The van der Waals surface area contributed by atoms with Crippen molar-refractivity contribution in [3.05, 3.63) is 48.7 Å². The van der Waals surface area contributed by atoms with Gasteiger partial charge in [0.2, 0.25) is 12.7 Å². The van der Waals surface area contributed by atoms with Crippen molar-refractivity contribution in [2.45, 2.75) is 12.5 Å². The predicted molar refractivity (Wildman–Crippen MR) is 108 cm³/mol. The Balaban J connectivity index is 1.34. The molecular weight excluding hydrogens is 388 g/mol. The highest BCUT2D eigenvalue weighted by molar-refractivity contribution is 6.04. The first-order valence-electron chi connectivity index (χ1n) is 9.34. The minimum Gasteiger partial charge on any atom is -0.497 e. The van der Waals surface area contributed by atoms with E-state index in [4.69, 9.17) is 14.2 Å². The molecule has 152 valence electrons. The topological polar surface area (TPSA) is 104 Å². The zero-order chi connectivity index (χ0) is 20.7. The van der Waals surface area contributed by atoms with Gasteiger partial charge in [-0.25, -0.2) is 4.68 Å². The molecule has 0 saturated heterocycles. The minimum atomic E-state index is -0.728. The SMILES string of the molecule is COc1cccc(-c2cnn3c2NC(=O)C3CC(=O)Nc2ccc3c(c2)OCO3)c1. The molecule has 2 aliphatic heterocycles. The lowest BCUT2D eigenvalue weighted by Gasteiger charge is -2.10. The molecular formula is C21H18N4O5. The van der Waals surface area contributed by atoms with Gasteiger partial charge in [-0.1, -0.05) is 12.1 Å². The molecule has 0 spiro atoms. The minimum absolute atomic E-state index is 0.0491. The highest BCUT2D eigenvalue weighted by atomic mass is 16.7. The van der Waals surface area contributed by atoms with Crippen LogP contribution in [0.2, 0.25) is 0 Å². The van der Waals surface area contributed by atoms with Crippen LogP contribution in [0.15, 0.2) is 48.7 Å². The first-order chi connectivity index (χ1) is 14.6. The zero-order valence-corrected chi connectivity index (χ0v) is 16.0. The first kappa shape index (κ1) is 18.0. The van der Waals surface area contributed by atoms with Gasteiger partial charge in [0.05, 0.1) is 19.7 Å². The Morgan fingerprint density at radius 2 is 2.13 bits per heavy atom. The quantitative estimate of drug-likeness (QED) is 0.675. The van der Waals surface area contributed by atoms with Crippen LogP contribution in [0.4, 0.5) is 11.5 Å². The van der Waals surface area contributed by atoms with E-state index < -0.39 is 6.04 Å². The number of carbonyl (C=O) groups excluding carboxylic acids is 2. The number of hydrogen-bond donors (Lipinski definition) is 2. The van der Waals surface area contributed by atoms with Gasteiger partial charge in [-0.2, -0.15) is 5.10 Å². The smallest absolute Gasteiger partial charge is 0.251 e. The van der Waals surface area contributed by atoms with E-state index in [0.29, 0.717) is 28.8 Å². The van der Waals surface area contributed by atoms with Gasteiger partial charge in [-0.05, 0) is 29.8 Å². The molecule has 0 aliphatic carbocycles. The summed E-state index contributed by atoms with van der Waals surface area (Å²) in [6.07, 6.45) is 1.62. The maximum atomic E-state index is 12.6. The van der Waals surface area contributed by atoms with Crippen molar-refractivity contribution in [3.63, 3.8) is 0 Å². The second-order valence-corrected chi connectivity index (χ2v) is 6.91. The largest absolute Gasteiger partial charge is 0.497 e. The van der Waals surface area contributed by atoms with E-state index in [1.165, 1.54) is 0 Å². The molecule has 0 bridgehead atoms. The second kappa shape index (κ2) is 7.11. The number of nitrogens with one attached hydrogen (secondary N) is 2. The number of methoxy groups -OCH3 is 1. The van der Waals surface area contributed by atoms with E-state index in [9.17, 15) is 9.59 Å². The number of benzene rings is 2. The fourth-order valence-corrected chi connectivity index (χ4v) is 3.58. The molecule has 0 radical (unpaired) electrons. The van der Waals surface area contributed by atoms with Crippen LogP contribution in [0.3, 0.4) is 0 Å². The van der Waals surface area contributed by atoms with E-state index in [2.05, 4.69) is 15.7 Å². The standard InChI is InChI=1S/C21H18N4O5/c1-28-14-4-2-3-12(7-14)15-10-22-25-16(21(27)24-20(15)25)9-19(26)23-13-5-6-17-18(8-13)30-11-29-17/h2-8,10,16H,9,11H2,1H3,(H,23,26)(H,24,27). The molecule has 1 atom stereocenters. The van der Waals surface area contributed by atoms with Crippen LogP contribution in [-0.4, -0.2) is 35.5 Å². The number of rotatable bonds is 5. The molecule has 2 aliphatic rings. The van der Waals surface area contributed by atoms with Gasteiger partial charge in [0, 0.05) is 17.3 Å². The lowest BCUT2D eigenvalue weighted by molar-refractivity contribution is -0.123. The molecule has 5 rings (SSSR count). The predicted octanol–water partition coefficient (Wildman–Crippen LogP) is 2.81. The van der Waals surface area contributed by atoms with E-state index in [1.807, 2.05) is 24.3 Å². The molecule has 2 amide bonds. The molecule has 9 heteroatoms. The molecule has 3 heterocycles. The van der Waals surface area contributed by atoms with Crippen LogP contribution < -0.4 is 24.8 Å². The van der Waals surface area contributed by atoms with Crippen LogP contribution in [0.25, 0.3) is 11.1 Å². The van der Waals surface area contributed by atoms with Crippen LogP contribution in [-0.2, 0) is 9.59 Å². The van der Waals surface area contributed by atoms with Gasteiger partial charge in [-0.15, -0.1) is 0 Å². The summed E-state index contributed by atoms with van der Waals surface area (Å²) in [6, 6.07) is 11.9. The average Bonchev–Trinajstić information content (AvgIpc) is 3.45. The lowest BCUT2D eigenvalue weighted by atomic mass is 10.1. The number of aromatic nitrogens is 2. The Bertz CT molecular complexity index is 1160. The highest BCUT2D eigenvalue weighted by Crippen LogP contribution is 2.37. The van der Waals surface area contributed by atoms with Crippen molar-refractivity contribution in [2.75, 3.05) is 24.5 Å². The third-order valence-electron chi connectivity index (χ3n) is 5.05. The monoisotopic (exact) mass is 406 g/mol. The molecule has 0 fully saturated rings. The lowest BCUT2D eigenvalue weighted by Crippen LogP contribution is -2.23. The van der Waals surface area contributed by atoms with E-state index >= 15 is 0 Å². The number of fused-ring (bicyclic) bond motifs is 2. The molecule has 1 unspecified atom stereocenters. The van der Waals surface area contributed by atoms with Crippen molar-refractivity contribution in [2.24, 2.45) is 0 Å². The normalized spacial score (nSPS) is 16.2. The van der Waals surface area contributed by atoms with Crippen molar-refractivity contribution in [1.82, 2.24) is 9.78 Å². The fraction of sp³-hybridized carbons (Fsp3) is 0.190.